The molecule has 0 aliphatic carbocycles. The van der Waals surface area contributed by atoms with Crippen molar-refractivity contribution in [2.45, 2.75) is 6.42 Å². The van der Waals surface area contributed by atoms with Crippen LogP contribution in [0.5, 0.6) is 0 Å². The van der Waals surface area contributed by atoms with Crippen LogP contribution in [0.2, 0.25) is 0 Å². The topological polar surface area (TPSA) is 18.5 Å². The lowest BCUT2D eigenvalue weighted by Crippen LogP contribution is -1.88. The minimum atomic E-state index is 0.662. The van der Waals surface area contributed by atoms with E-state index in [0.717, 1.165) is 15.9 Å². The highest BCUT2D eigenvalue weighted by Gasteiger charge is 1.99. The Morgan fingerprint density at radius 2 is 2.17 bits per heavy atom. The lowest BCUT2D eigenvalue weighted by molar-refractivity contribution is 0.295. The Labute approximate surface area is 91.7 Å². The molecule has 0 spiro atoms. The molecule has 0 aromatic heterocycles. The van der Waals surface area contributed by atoms with Crippen molar-refractivity contribution in [1.82, 2.24) is 0 Å². The quantitative estimate of drug-likeness (QED) is 0.336. The van der Waals surface area contributed by atoms with Gasteiger partial charge in [0.15, 0.2) is 0 Å². The second kappa shape index (κ2) is 7.73. The van der Waals surface area contributed by atoms with Crippen molar-refractivity contribution in [3.63, 3.8) is 0 Å². The Kier molecular flexibility index (Phi) is 7.80. The average Bonchev–Trinajstić information content (AvgIpc) is 2.06. The first-order valence-corrected chi connectivity index (χ1v) is 5.34. The molecule has 0 heterocycles. The van der Waals surface area contributed by atoms with E-state index in [4.69, 9.17) is 21.1 Å². The van der Waals surface area contributed by atoms with Gasteiger partial charge in [0.1, 0.15) is 5.76 Å². The average molecular weight is 303 g/mol. The molecule has 0 bridgehead atoms. The zero-order chi connectivity index (χ0) is 9.40. The molecule has 0 aliphatic rings. The van der Waals surface area contributed by atoms with E-state index in [9.17, 15) is 0 Å². The van der Waals surface area contributed by atoms with Gasteiger partial charge in [0.05, 0.1) is 25.5 Å². The van der Waals surface area contributed by atoms with Crippen molar-refractivity contribution in [1.29, 1.82) is 0 Å². The molecule has 0 atom stereocenters. The van der Waals surface area contributed by atoms with Crippen LogP contribution >= 0.6 is 34.2 Å². The zero-order valence-corrected chi connectivity index (χ0v) is 10.1. The summed E-state index contributed by atoms with van der Waals surface area (Å²) < 4.78 is 10.8. The van der Waals surface area contributed by atoms with Crippen LogP contribution < -0.4 is 0 Å². The number of methoxy groups -OCH3 is 2. The molecule has 70 valence electrons. The van der Waals surface area contributed by atoms with Crippen LogP contribution in [0.3, 0.4) is 0 Å². The molecule has 2 nitrogen and oxygen atoms in total. The van der Waals surface area contributed by atoms with Crippen molar-refractivity contribution in [3.05, 3.63) is 23.1 Å². The summed E-state index contributed by atoms with van der Waals surface area (Å²) in [6.07, 6.45) is 4.06. The molecule has 0 aromatic carbocycles. The lowest BCUT2D eigenvalue weighted by Gasteiger charge is -2.03. The van der Waals surface area contributed by atoms with Crippen molar-refractivity contribution < 1.29 is 9.47 Å². The summed E-state index contributed by atoms with van der Waals surface area (Å²) in [6.45, 7) is 0. The monoisotopic (exact) mass is 302 g/mol. The molecule has 0 aromatic rings. The summed E-state index contributed by atoms with van der Waals surface area (Å²) in [5, 5.41) is 0.722. The Morgan fingerprint density at radius 3 is 2.58 bits per heavy atom. The molecule has 0 rings (SSSR count). The molecule has 0 saturated heterocycles. The Balaban J connectivity index is 4.27. The van der Waals surface area contributed by atoms with Crippen LogP contribution in [0.4, 0.5) is 0 Å². The van der Waals surface area contributed by atoms with Gasteiger partial charge in [-0.15, -0.1) is 0 Å². The van der Waals surface area contributed by atoms with E-state index in [0.29, 0.717) is 5.76 Å². The van der Waals surface area contributed by atoms with Crippen molar-refractivity contribution in [2.75, 3.05) is 18.6 Å². The summed E-state index contributed by atoms with van der Waals surface area (Å²) in [5.41, 5.74) is 0. The van der Waals surface area contributed by atoms with E-state index in [1.165, 1.54) is 6.26 Å². The van der Waals surface area contributed by atoms with E-state index in [1.807, 2.05) is 0 Å². The summed E-state index contributed by atoms with van der Waals surface area (Å²) in [5.74, 6) is 0.662. The summed E-state index contributed by atoms with van der Waals surface area (Å²) in [7, 11) is 3.17. The van der Waals surface area contributed by atoms with Crippen LogP contribution in [0.15, 0.2) is 23.1 Å². The molecule has 0 radical (unpaired) electrons. The summed E-state index contributed by atoms with van der Waals surface area (Å²) in [6, 6.07) is 0. The second-order valence-corrected chi connectivity index (χ2v) is 3.49. The Bertz CT molecular complexity index is 178. The number of alkyl halides is 1. The number of hydrogen-bond acceptors (Lipinski definition) is 2. The van der Waals surface area contributed by atoms with Gasteiger partial charge in [-0.05, 0) is 6.42 Å². The second-order valence-electron chi connectivity index (χ2n) is 1.95. The normalized spacial score (nSPS) is 13.0. The molecule has 0 saturated carbocycles. The highest BCUT2D eigenvalue weighted by molar-refractivity contribution is 14.1. The number of allylic oxidation sites excluding steroid dienone is 2. The van der Waals surface area contributed by atoms with E-state index in [1.54, 1.807) is 20.3 Å². The van der Waals surface area contributed by atoms with Crippen LogP contribution in [0.25, 0.3) is 0 Å². The summed E-state index contributed by atoms with van der Waals surface area (Å²) >= 11 is 8.19. The van der Waals surface area contributed by atoms with Crippen molar-refractivity contribution in [2.24, 2.45) is 0 Å². The van der Waals surface area contributed by atoms with E-state index >= 15 is 0 Å². The molecule has 0 fully saturated rings. The van der Waals surface area contributed by atoms with Crippen molar-refractivity contribution >= 4 is 34.2 Å². The maximum absolute atomic E-state index is 5.93. The predicted octanol–water partition coefficient (Wildman–Crippen LogP) is 3.07. The highest BCUT2D eigenvalue weighted by Crippen LogP contribution is 2.16. The van der Waals surface area contributed by atoms with Gasteiger partial charge in [0, 0.05) is 10.5 Å². The molecular weight excluding hydrogens is 290 g/mol. The van der Waals surface area contributed by atoms with Gasteiger partial charge >= 0.3 is 0 Å². The fourth-order valence-electron chi connectivity index (χ4n) is 0.605. The van der Waals surface area contributed by atoms with E-state index in [2.05, 4.69) is 22.6 Å². The molecule has 12 heavy (non-hydrogen) atoms. The van der Waals surface area contributed by atoms with Gasteiger partial charge < -0.3 is 9.47 Å². The van der Waals surface area contributed by atoms with Crippen LogP contribution in [-0.2, 0) is 9.47 Å². The molecular formula is C8H12ClIO2. The molecule has 0 amide bonds. The first-order valence-electron chi connectivity index (χ1n) is 3.44. The Morgan fingerprint density at radius 1 is 1.50 bits per heavy atom. The highest BCUT2D eigenvalue weighted by atomic mass is 127. The van der Waals surface area contributed by atoms with E-state index < -0.39 is 0 Å². The largest absolute Gasteiger partial charge is 0.504 e. The lowest BCUT2D eigenvalue weighted by atomic mass is 10.3. The van der Waals surface area contributed by atoms with Gasteiger partial charge in [-0.3, -0.25) is 0 Å². The minimum Gasteiger partial charge on any atom is -0.504 e. The first-order chi connectivity index (χ1) is 5.76. The van der Waals surface area contributed by atoms with Gasteiger partial charge in [-0.2, -0.15) is 0 Å². The van der Waals surface area contributed by atoms with Crippen LogP contribution in [0.1, 0.15) is 6.42 Å². The standard InChI is InChI=1S/C8H12ClIO2/c1-11-6-4-8(12-2)7(9)3-5-10/h4,6H,3,5H2,1-2H3/b6-4+,8-7-. The van der Waals surface area contributed by atoms with Gasteiger partial charge in [0.25, 0.3) is 0 Å². The molecule has 0 aliphatic heterocycles. The maximum atomic E-state index is 5.93. The Hall–Kier alpha value is 0.1000. The van der Waals surface area contributed by atoms with Gasteiger partial charge in [0.2, 0.25) is 0 Å². The van der Waals surface area contributed by atoms with Gasteiger partial charge in [-0.1, -0.05) is 34.2 Å². The summed E-state index contributed by atoms with van der Waals surface area (Å²) in [4.78, 5) is 0. The smallest absolute Gasteiger partial charge is 0.136 e. The molecule has 4 heteroatoms. The first kappa shape index (κ1) is 12.1. The zero-order valence-electron chi connectivity index (χ0n) is 7.14. The third-order valence-electron chi connectivity index (χ3n) is 1.16. The SMILES string of the molecule is CO/C=C/C(OC)=C(/Cl)CCI. The fraction of sp³-hybridized carbons (Fsp3) is 0.500. The number of rotatable bonds is 5. The van der Waals surface area contributed by atoms with E-state index in [-0.39, 0.29) is 0 Å². The predicted molar refractivity (Wildman–Crippen MR) is 59.5 cm³/mol. The number of ether oxygens (including phenoxy) is 2. The third kappa shape index (κ3) is 4.87. The van der Waals surface area contributed by atoms with Crippen molar-refractivity contribution in [3.8, 4) is 0 Å². The number of halogens is 2. The van der Waals surface area contributed by atoms with Crippen LogP contribution in [-0.4, -0.2) is 18.6 Å². The fourth-order valence-corrected chi connectivity index (χ4v) is 1.70. The van der Waals surface area contributed by atoms with Gasteiger partial charge in [-0.25, -0.2) is 0 Å². The third-order valence-corrected chi connectivity index (χ3v) is 2.07. The number of hydrogen-bond donors (Lipinski definition) is 0. The maximum Gasteiger partial charge on any atom is 0.136 e. The minimum absolute atomic E-state index is 0.662. The molecule has 0 N–H and O–H groups in total. The van der Waals surface area contributed by atoms with Crippen LogP contribution in [0, 0.1) is 0 Å². The molecule has 0 unspecified atom stereocenters.